The highest BCUT2D eigenvalue weighted by Crippen LogP contribution is 2.24. The predicted molar refractivity (Wildman–Crippen MR) is 121 cm³/mol. The van der Waals surface area contributed by atoms with Crippen molar-refractivity contribution < 1.29 is 8.85 Å². The highest BCUT2D eigenvalue weighted by molar-refractivity contribution is 6.84. The fraction of sp³-hybridized carbons (Fsp3) is 0.217. The monoisotopic (exact) mass is 394 g/mol. The lowest BCUT2D eigenvalue weighted by atomic mass is 9.92. The van der Waals surface area contributed by atoms with Crippen LogP contribution in [-0.2, 0) is 8.85 Å². The van der Waals surface area contributed by atoms with E-state index in [1.807, 2.05) is 18.2 Å². The van der Waals surface area contributed by atoms with Gasteiger partial charge in [-0.25, -0.2) is 0 Å². The van der Waals surface area contributed by atoms with Crippen LogP contribution in [0.5, 0.6) is 0 Å². The van der Waals surface area contributed by atoms with Crippen LogP contribution in [0.4, 0.5) is 0 Å². The number of hydrogen-bond donors (Lipinski definition) is 0. The van der Waals surface area contributed by atoms with Crippen molar-refractivity contribution >= 4 is 24.0 Å². The zero-order valence-electron chi connectivity index (χ0n) is 16.8. The van der Waals surface area contributed by atoms with Gasteiger partial charge in [-0.15, -0.1) is 0 Å². The van der Waals surface area contributed by atoms with Gasteiger partial charge in [-0.05, 0) is 29.4 Å². The van der Waals surface area contributed by atoms with E-state index in [4.69, 9.17) is 8.85 Å². The van der Waals surface area contributed by atoms with Crippen LogP contribution in [0, 0.1) is 0 Å². The second kappa shape index (κ2) is 11.0. The normalized spacial score (nSPS) is 11.1. The van der Waals surface area contributed by atoms with Crippen LogP contribution < -0.4 is 5.19 Å². The maximum absolute atomic E-state index is 5.46. The molecule has 0 heterocycles. The van der Waals surface area contributed by atoms with Crippen LogP contribution in [0.15, 0.2) is 91.0 Å². The molecule has 0 aliphatic heterocycles. The summed E-state index contributed by atoms with van der Waals surface area (Å²) in [5.41, 5.74) is 2.65. The summed E-state index contributed by atoms with van der Waals surface area (Å²) in [6, 6.07) is 31.5. The van der Waals surface area contributed by atoms with Crippen molar-refractivity contribution in [3.8, 4) is 0 Å². The third-order valence-electron chi connectivity index (χ3n) is 4.72. The minimum Gasteiger partial charge on any atom is -0.427 e. The van der Waals surface area contributed by atoms with Crippen LogP contribution in [0.1, 0.15) is 17.0 Å². The number of hydrogen-bond acceptors (Lipinski definition) is 2. The highest BCUT2D eigenvalue weighted by atomic mass is 28.4. The van der Waals surface area contributed by atoms with Gasteiger partial charge >= 0.3 is 0 Å². The Morgan fingerprint density at radius 2 is 1.15 bits per heavy atom. The van der Waals surface area contributed by atoms with Gasteiger partial charge in [0.05, 0.1) is 0 Å². The van der Waals surface area contributed by atoms with Gasteiger partial charge in [0.15, 0.2) is 0 Å². The molecule has 0 amide bonds. The Kier molecular flexibility index (Phi) is 8.68. The maximum atomic E-state index is 5.46. The van der Waals surface area contributed by atoms with E-state index in [0.717, 1.165) is 17.1 Å². The Hall–Kier alpha value is -1.99. The quantitative estimate of drug-likeness (QED) is 0.591. The molecule has 0 aliphatic rings. The highest BCUT2D eigenvalue weighted by Gasteiger charge is 2.22. The lowest BCUT2D eigenvalue weighted by Gasteiger charge is -2.19. The van der Waals surface area contributed by atoms with Crippen molar-refractivity contribution in [3.63, 3.8) is 0 Å². The van der Waals surface area contributed by atoms with Crippen LogP contribution in [0.2, 0.25) is 13.1 Å². The number of benzene rings is 3. The first kappa shape index (κ1) is 21.3. The van der Waals surface area contributed by atoms with E-state index < -0.39 is 8.32 Å². The van der Waals surface area contributed by atoms with E-state index in [-0.39, 0.29) is 0 Å². The lowest BCUT2D eigenvalue weighted by Crippen LogP contribution is -2.43. The summed E-state index contributed by atoms with van der Waals surface area (Å²) in [4.78, 5) is 0. The minimum atomic E-state index is -1.55. The van der Waals surface area contributed by atoms with E-state index in [0.29, 0.717) is 5.92 Å². The maximum Gasteiger partial charge on any atom is 0.217 e. The summed E-state index contributed by atoms with van der Waals surface area (Å²) in [6.07, 6.45) is 0. The van der Waals surface area contributed by atoms with Crippen molar-refractivity contribution in [2.24, 2.45) is 0 Å². The van der Waals surface area contributed by atoms with E-state index in [2.05, 4.69) is 85.9 Å². The molecule has 142 valence electrons. The molecule has 0 unspecified atom stereocenters. The molecule has 0 N–H and O–H groups in total. The first-order chi connectivity index (χ1) is 13.1. The summed E-state index contributed by atoms with van der Waals surface area (Å²) >= 11 is 0. The third-order valence-corrected chi connectivity index (χ3v) is 7.79. The topological polar surface area (TPSA) is 18.5 Å². The predicted octanol–water partition coefficient (Wildman–Crippen LogP) is 3.86. The Labute approximate surface area is 167 Å². The van der Waals surface area contributed by atoms with E-state index in [1.54, 1.807) is 7.11 Å². The van der Waals surface area contributed by atoms with Gasteiger partial charge in [-0.3, -0.25) is 0 Å². The molecule has 3 aromatic rings. The van der Waals surface area contributed by atoms with Crippen molar-refractivity contribution in [1.82, 2.24) is 0 Å². The van der Waals surface area contributed by atoms with Crippen LogP contribution in [-0.4, -0.2) is 32.5 Å². The van der Waals surface area contributed by atoms with Crippen LogP contribution in [0.25, 0.3) is 0 Å². The largest absolute Gasteiger partial charge is 0.427 e. The van der Waals surface area contributed by atoms with Gasteiger partial charge in [0.1, 0.15) is 10.5 Å². The number of rotatable bonds is 6. The molecular weight excluding hydrogens is 364 g/mol. The Balaban J connectivity index is 0.000000208. The molecule has 3 rings (SSSR count). The van der Waals surface area contributed by atoms with Gasteiger partial charge in [-0.2, -0.15) is 0 Å². The molecule has 0 atom stereocenters. The first-order valence-electron chi connectivity index (χ1n) is 9.28. The molecule has 0 bridgehead atoms. The molecule has 4 heteroatoms. The van der Waals surface area contributed by atoms with Crippen LogP contribution >= 0.6 is 0 Å². The third kappa shape index (κ3) is 6.59. The fourth-order valence-corrected chi connectivity index (χ4v) is 4.44. The van der Waals surface area contributed by atoms with E-state index in [9.17, 15) is 0 Å². The van der Waals surface area contributed by atoms with Crippen molar-refractivity contribution in [2.75, 3.05) is 13.7 Å². The van der Waals surface area contributed by atoms with Crippen molar-refractivity contribution in [1.29, 1.82) is 0 Å². The Bertz CT molecular complexity index is 723. The Morgan fingerprint density at radius 3 is 1.52 bits per heavy atom. The van der Waals surface area contributed by atoms with Crippen LogP contribution in [0.3, 0.4) is 0 Å². The summed E-state index contributed by atoms with van der Waals surface area (Å²) in [6.45, 7) is 5.17. The second-order valence-electron chi connectivity index (χ2n) is 6.91. The standard InChI is InChI=1S/C14H16OSi.C9H14OSi/c16-15-11-14(12-7-3-1-4-8-12)13-9-5-2-6-10-13;1-10-11(2,3)9-7-5-4-6-8-9/h1-10,14H,11H2,16H3;4-8H,1-3H3. The average molecular weight is 395 g/mol. The molecule has 0 saturated heterocycles. The smallest absolute Gasteiger partial charge is 0.217 e. The molecule has 0 spiro atoms. The van der Waals surface area contributed by atoms with Gasteiger partial charge in [0.2, 0.25) is 8.32 Å². The van der Waals surface area contributed by atoms with Gasteiger partial charge in [0.25, 0.3) is 0 Å². The molecular formula is C23H30O2Si2. The molecule has 0 fully saturated rings. The SMILES string of the molecule is CO[Si](C)(C)c1ccccc1.[SiH3]OCC(c1ccccc1)c1ccccc1. The summed E-state index contributed by atoms with van der Waals surface area (Å²) < 4.78 is 10.9. The van der Waals surface area contributed by atoms with E-state index >= 15 is 0 Å². The summed E-state index contributed by atoms with van der Waals surface area (Å²) in [5.74, 6) is 0.361. The molecule has 27 heavy (non-hydrogen) atoms. The summed E-state index contributed by atoms with van der Waals surface area (Å²) in [5, 5.41) is 1.35. The van der Waals surface area contributed by atoms with Gasteiger partial charge in [-0.1, -0.05) is 91.0 Å². The Morgan fingerprint density at radius 1 is 0.741 bits per heavy atom. The molecule has 3 aromatic carbocycles. The lowest BCUT2D eigenvalue weighted by molar-refractivity contribution is 0.332. The fourth-order valence-electron chi connectivity index (χ4n) is 2.88. The average Bonchev–Trinajstić information content (AvgIpc) is 2.74. The second-order valence-corrected chi connectivity index (χ2v) is 11.5. The molecule has 0 aromatic heterocycles. The molecule has 0 saturated carbocycles. The molecule has 2 nitrogen and oxygen atoms in total. The molecule has 0 radical (unpaired) electrons. The zero-order chi connectivity index (χ0) is 19.5. The summed E-state index contributed by atoms with van der Waals surface area (Å²) in [7, 11) is 1.03. The van der Waals surface area contributed by atoms with Crippen molar-refractivity contribution in [3.05, 3.63) is 102 Å². The van der Waals surface area contributed by atoms with Gasteiger partial charge in [0, 0.05) is 19.6 Å². The van der Waals surface area contributed by atoms with E-state index in [1.165, 1.54) is 16.3 Å². The molecule has 0 aliphatic carbocycles. The zero-order valence-corrected chi connectivity index (χ0v) is 19.8. The van der Waals surface area contributed by atoms with Gasteiger partial charge < -0.3 is 8.85 Å². The van der Waals surface area contributed by atoms with Crippen molar-refractivity contribution in [2.45, 2.75) is 19.0 Å². The first-order valence-corrected chi connectivity index (χ1v) is 13.0. The minimum absolute atomic E-state index is 0.361.